The van der Waals surface area contributed by atoms with E-state index in [0.717, 1.165) is 34.1 Å². The number of ether oxygens (including phenoxy) is 1. The van der Waals surface area contributed by atoms with Gasteiger partial charge in [-0.2, -0.15) is 0 Å². The van der Waals surface area contributed by atoms with Crippen molar-refractivity contribution in [2.75, 3.05) is 7.11 Å². The van der Waals surface area contributed by atoms with Gasteiger partial charge < -0.3 is 10.1 Å². The Kier molecular flexibility index (Phi) is 8.16. The highest BCUT2D eigenvalue weighted by Crippen LogP contribution is 2.46. The highest BCUT2D eigenvalue weighted by molar-refractivity contribution is 9.10. The molecule has 4 heteroatoms. The molecule has 0 bridgehead atoms. The largest absolute Gasteiger partial charge is 0.377 e. The molecule has 2 aromatic rings. The molecule has 3 atom stereocenters. The highest BCUT2D eigenvalue weighted by atomic mass is 79.9. The molecule has 32 heavy (non-hydrogen) atoms. The van der Waals surface area contributed by atoms with Crippen molar-refractivity contribution in [2.24, 2.45) is 0 Å². The summed E-state index contributed by atoms with van der Waals surface area (Å²) >= 11 is 3.62. The van der Waals surface area contributed by atoms with Crippen LogP contribution in [0.25, 0.3) is 0 Å². The standard InChI is InChI=1S/C28H31BrN2O/c1-5-7-8-11-20(6-2)22(27-12-9-10-17-31-27)15-16-25-24-18-21(29)13-14-23(24)26(30)19-28(25,3)32-4/h5-14,17-18,22,25,30H,1-2,15-16,19H2,3-4H3/b8-7-,20-11+,30-26?. The number of allylic oxidation sites excluding steroid dienone is 6. The van der Waals surface area contributed by atoms with E-state index in [1.165, 1.54) is 5.56 Å². The van der Waals surface area contributed by atoms with E-state index in [9.17, 15) is 0 Å². The molecule has 0 spiro atoms. The van der Waals surface area contributed by atoms with E-state index < -0.39 is 5.60 Å². The van der Waals surface area contributed by atoms with Gasteiger partial charge in [0.2, 0.25) is 0 Å². The normalized spacial score (nSPS) is 21.9. The summed E-state index contributed by atoms with van der Waals surface area (Å²) in [7, 11) is 1.76. The first-order valence-corrected chi connectivity index (χ1v) is 11.7. The van der Waals surface area contributed by atoms with Crippen LogP contribution in [0.1, 0.15) is 54.8 Å². The molecule has 1 aromatic heterocycles. The number of benzene rings is 1. The molecule has 1 N–H and O–H groups in total. The lowest BCUT2D eigenvalue weighted by atomic mass is 9.69. The van der Waals surface area contributed by atoms with E-state index in [4.69, 9.17) is 10.1 Å². The first kappa shape index (κ1) is 24.1. The Balaban J connectivity index is 1.99. The van der Waals surface area contributed by atoms with Crippen molar-refractivity contribution in [3.63, 3.8) is 0 Å². The first-order chi connectivity index (χ1) is 15.4. The van der Waals surface area contributed by atoms with E-state index in [2.05, 4.69) is 65.3 Å². The Morgan fingerprint density at radius 1 is 1.31 bits per heavy atom. The molecule has 1 aliphatic rings. The number of nitrogens with zero attached hydrogens (tertiary/aromatic N) is 1. The Hall–Kier alpha value is -2.56. The maximum atomic E-state index is 8.59. The summed E-state index contributed by atoms with van der Waals surface area (Å²) in [4.78, 5) is 4.66. The van der Waals surface area contributed by atoms with Crippen LogP contribution < -0.4 is 0 Å². The molecule has 0 saturated heterocycles. The average molecular weight is 491 g/mol. The maximum Gasteiger partial charge on any atom is 0.0774 e. The number of pyridine rings is 1. The quantitative estimate of drug-likeness (QED) is 0.369. The SMILES string of the molecule is C=C/C=C\C=C(/C=C)C(CCC1c2cc(Br)ccc2C(=N)CC1(C)OC)c1ccccn1. The van der Waals surface area contributed by atoms with Crippen LogP contribution in [0.2, 0.25) is 0 Å². The van der Waals surface area contributed by atoms with Crippen LogP contribution in [-0.2, 0) is 4.74 Å². The average Bonchev–Trinajstić information content (AvgIpc) is 2.80. The zero-order valence-corrected chi connectivity index (χ0v) is 20.4. The summed E-state index contributed by atoms with van der Waals surface area (Å²) in [6.07, 6.45) is 13.9. The summed E-state index contributed by atoms with van der Waals surface area (Å²) in [5, 5.41) is 8.59. The van der Waals surface area contributed by atoms with Crippen LogP contribution in [-0.4, -0.2) is 23.4 Å². The number of rotatable bonds is 9. The second-order valence-electron chi connectivity index (χ2n) is 8.33. The smallest absolute Gasteiger partial charge is 0.0774 e. The van der Waals surface area contributed by atoms with Gasteiger partial charge in [0, 0.05) is 47.4 Å². The number of methoxy groups -OCH3 is 1. The number of nitrogens with one attached hydrogen (secondary N) is 1. The third-order valence-corrected chi connectivity index (χ3v) is 6.90. The first-order valence-electron chi connectivity index (χ1n) is 10.9. The summed E-state index contributed by atoms with van der Waals surface area (Å²) in [6, 6.07) is 12.3. The van der Waals surface area contributed by atoms with Crippen molar-refractivity contribution in [1.29, 1.82) is 5.41 Å². The van der Waals surface area contributed by atoms with Gasteiger partial charge in [0.15, 0.2) is 0 Å². The number of hydrogen-bond donors (Lipinski definition) is 1. The minimum atomic E-state index is -0.430. The fraction of sp³-hybridized carbons (Fsp3) is 0.286. The van der Waals surface area contributed by atoms with Crippen LogP contribution in [0.3, 0.4) is 0 Å². The van der Waals surface area contributed by atoms with Gasteiger partial charge in [-0.25, -0.2) is 0 Å². The minimum absolute atomic E-state index is 0.112. The highest BCUT2D eigenvalue weighted by Gasteiger charge is 2.42. The Morgan fingerprint density at radius 3 is 2.78 bits per heavy atom. The van der Waals surface area contributed by atoms with Crippen molar-refractivity contribution in [3.8, 4) is 0 Å². The van der Waals surface area contributed by atoms with E-state index >= 15 is 0 Å². The molecule has 3 rings (SSSR count). The summed E-state index contributed by atoms with van der Waals surface area (Å²) < 4.78 is 7.06. The molecule has 1 aromatic carbocycles. The lowest BCUT2D eigenvalue weighted by Crippen LogP contribution is -2.42. The maximum absolute atomic E-state index is 8.59. The van der Waals surface area contributed by atoms with Crippen molar-refractivity contribution in [1.82, 2.24) is 4.98 Å². The zero-order chi connectivity index (χ0) is 23.1. The predicted octanol–water partition coefficient (Wildman–Crippen LogP) is 7.52. The molecule has 166 valence electrons. The lowest BCUT2D eigenvalue weighted by Gasteiger charge is -2.42. The molecule has 1 aliphatic carbocycles. The minimum Gasteiger partial charge on any atom is -0.377 e. The molecular weight excluding hydrogens is 460 g/mol. The monoisotopic (exact) mass is 490 g/mol. The van der Waals surface area contributed by atoms with Crippen molar-refractivity contribution in [3.05, 3.63) is 113 Å². The van der Waals surface area contributed by atoms with Crippen molar-refractivity contribution >= 4 is 21.6 Å². The van der Waals surface area contributed by atoms with E-state index in [-0.39, 0.29) is 11.8 Å². The van der Waals surface area contributed by atoms with Crippen molar-refractivity contribution < 1.29 is 4.74 Å². The van der Waals surface area contributed by atoms with Gasteiger partial charge in [-0.05, 0) is 60.7 Å². The van der Waals surface area contributed by atoms with Crippen LogP contribution in [0.4, 0.5) is 0 Å². The van der Waals surface area contributed by atoms with Gasteiger partial charge in [-0.1, -0.05) is 71.6 Å². The van der Waals surface area contributed by atoms with Gasteiger partial charge in [-0.3, -0.25) is 4.98 Å². The summed E-state index contributed by atoms with van der Waals surface area (Å²) in [6.45, 7) is 9.95. The van der Waals surface area contributed by atoms with Gasteiger partial charge in [0.1, 0.15) is 0 Å². The molecule has 0 radical (unpaired) electrons. The Bertz CT molecular complexity index is 1040. The third-order valence-electron chi connectivity index (χ3n) is 6.41. The zero-order valence-electron chi connectivity index (χ0n) is 18.9. The second-order valence-corrected chi connectivity index (χ2v) is 9.25. The summed E-state index contributed by atoms with van der Waals surface area (Å²) in [5.74, 6) is 0.274. The fourth-order valence-electron chi connectivity index (χ4n) is 4.64. The predicted molar refractivity (Wildman–Crippen MR) is 138 cm³/mol. The van der Waals surface area contributed by atoms with Gasteiger partial charge in [0.25, 0.3) is 0 Å². The molecular formula is C28H31BrN2O. The van der Waals surface area contributed by atoms with Crippen LogP contribution in [0.5, 0.6) is 0 Å². The van der Waals surface area contributed by atoms with E-state index in [1.807, 2.05) is 42.6 Å². The molecule has 0 saturated carbocycles. The van der Waals surface area contributed by atoms with Gasteiger partial charge >= 0.3 is 0 Å². The lowest BCUT2D eigenvalue weighted by molar-refractivity contribution is -0.0170. The van der Waals surface area contributed by atoms with Gasteiger partial charge in [-0.15, -0.1) is 0 Å². The van der Waals surface area contributed by atoms with Gasteiger partial charge in [0.05, 0.1) is 5.60 Å². The topological polar surface area (TPSA) is 46.0 Å². The van der Waals surface area contributed by atoms with E-state index in [1.54, 1.807) is 13.2 Å². The third kappa shape index (κ3) is 5.25. The molecule has 0 amide bonds. The van der Waals surface area contributed by atoms with Crippen LogP contribution in [0, 0.1) is 5.41 Å². The Morgan fingerprint density at radius 2 is 2.12 bits per heavy atom. The molecule has 0 aliphatic heterocycles. The number of hydrogen-bond acceptors (Lipinski definition) is 3. The van der Waals surface area contributed by atoms with Crippen LogP contribution >= 0.6 is 15.9 Å². The molecule has 3 unspecified atom stereocenters. The molecule has 1 heterocycles. The molecule has 0 fully saturated rings. The summed E-state index contributed by atoms with van der Waals surface area (Å²) in [5.41, 5.74) is 4.56. The molecule has 3 nitrogen and oxygen atoms in total. The number of halogens is 1. The fourth-order valence-corrected chi connectivity index (χ4v) is 5.02. The van der Waals surface area contributed by atoms with Crippen molar-refractivity contribution in [2.45, 2.75) is 43.6 Å². The van der Waals surface area contributed by atoms with E-state index in [0.29, 0.717) is 12.1 Å². The number of fused-ring (bicyclic) bond motifs is 1. The number of aromatic nitrogens is 1. The Labute approximate surface area is 200 Å². The second kappa shape index (κ2) is 10.8. The van der Waals surface area contributed by atoms with Crippen LogP contribution in [0.15, 0.2) is 96.2 Å².